The number of anilines is 2. The molecule has 6 nitrogen and oxygen atoms in total. The summed E-state index contributed by atoms with van der Waals surface area (Å²) in [6.07, 6.45) is 0. The molecule has 3 aromatic carbocycles. The molecule has 1 aromatic heterocycles. The lowest BCUT2D eigenvalue weighted by Crippen LogP contribution is -2.16. The molecule has 7 heteroatoms. The normalized spacial score (nSPS) is 11.3. The van der Waals surface area contributed by atoms with Gasteiger partial charge in [0.25, 0.3) is 10.0 Å². The number of fused-ring (bicyclic) bond motifs is 1. The molecule has 29 heavy (non-hydrogen) atoms. The minimum absolute atomic E-state index is 0.168. The van der Waals surface area contributed by atoms with E-state index >= 15 is 0 Å². The van der Waals surface area contributed by atoms with Crippen LogP contribution in [0.4, 0.5) is 11.6 Å². The summed E-state index contributed by atoms with van der Waals surface area (Å²) >= 11 is 0. The SMILES string of the molecule is Cc1cccc(S(=O)(=O)Nc2nc3ccccc3nc2NCc2ccccc2)c1. The highest BCUT2D eigenvalue weighted by molar-refractivity contribution is 7.92. The number of nitrogens with zero attached hydrogens (tertiary/aromatic N) is 2. The Balaban J connectivity index is 1.71. The van der Waals surface area contributed by atoms with E-state index < -0.39 is 10.0 Å². The number of benzene rings is 3. The second-order valence-corrected chi connectivity index (χ2v) is 8.35. The third-order valence-corrected chi connectivity index (χ3v) is 5.74. The number of hydrogen-bond acceptors (Lipinski definition) is 5. The summed E-state index contributed by atoms with van der Waals surface area (Å²) in [6.45, 7) is 2.34. The van der Waals surface area contributed by atoms with Gasteiger partial charge in [0.05, 0.1) is 15.9 Å². The Hall–Kier alpha value is -3.45. The van der Waals surface area contributed by atoms with Crippen LogP contribution in [0.2, 0.25) is 0 Å². The van der Waals surface area contributed by atoms with Gasteiger partial charge in [0.2, 0.25) is 0 Å². The van der Waals surface area contributed by atoms with Crippen molar-refractivity contribution in [3.8, 4) is 0 Å². The van der Waals surface area contributed by atoms with Crippen molar-refractivity contribution in [3.63, 3.8) is 0 Å². The molecule has 2 N–H and O–H groups in total. The number of rotatable bonds is 6. The average molecular weight is 404 g/mol. The molecule has 0 radical (unpaired) electrons. The van der Waals surface area contributed by atoms with E-state index in [1.807, 2.05) is 61.5 Å². The van der Waals surface area contributed by atoms with E-state index in [1.165, 1.54) is 0 Å². The Bertz CT molecular complexity index is 1260. The molecule has 0 atom stereocenters. The summed E-state index contributed by atoms with van der Waals surface area (Å²) in [5.41, 5.74) is 3.20. The monoisotopic (exact) mass is 404 g/mol. The van der Waals surface area contributed by atoms with Crippen LogP contribution in [0.3, 0.4) is 0 Å². The number of aryl methyl sites for hydroxylation is 1. The van der Waals surface area contributed by atoms with E-state index in [2.05, 4.69) is 20.0 Å². The lowest BCUT2D eigenvalue weighted by Gasteiger charge is -2.14. The van der Waals surface area contributed by atoms with E-state index in [1.54, 1.807) is 24.3 Å². The highest BCUT2D eigenvalue weighted by Crippen LogP contribution is 2.25. The molecule has 4 aromatic rings. The lowest BCUT2D eigenvalue weighted by molar-refractivity contribution is 0.601. The van der Waals surface area contributed by atoms with Crippen LogP contribution in [0.15, 0.2) is 83.8 Å². The summed E-state index contributed by atoms with van der Waals surface area (Å²) in [4.78, 5) is 9.27. The molecular formula is C22H20N4O2S. The zero-order valence-corrected chi connectivity index (χ0v) is 16.6. The lowest BCUT2D eigenvalue weighted by atomic mass is 10.2. The largest absolute Gasteiger partial charge is 0.363 e. The van der Waals surface area contributed by atoms with Crippen molar-refractivity contribution in [2.75, 3.05) is 10.0 Å². The minimum atomic E-state index is -3.80. The van der Waals surface area contributed by atoms with Crippen molar-refractivity contribution in [1.82, 2.24) is 9.97 Å². The van der Waals surface area contributed by atoms with Gasteiger partial charge in [-0.2, -0.15) is 0 Å². The number of hydrogen-bond donors (Lipinski definition) is 2. The number of nitrogens with one attached hydrogen (secondary N) is 2. The van der Waals surface area contributed by atoms with Crippen LogP contribution in [0.5, 0.6) is 0 Å². The van der Waals surface area contributed by atoms with Gasteiger partial charge in [-0.1, -0.05) is 54.6 Å². The zero-order valence-electron chi connectivity index (χ0n) is 15.8. The first kappa shape index (κ1) is 18.9. The van der Waals surface area contributed by atoms with Gasteiger partial charge in [0.1, 0.15) is 0 Å². The average Bonchev–Trinajstić information content (AvgIpc) is 2.73. The topological polar surface area (TPSA) is 84.0 Å². The summed E-state index contributed by atoms with van der Waals surface area (Å²) in [6, 6.07) is 23.9. The number of para-hydroxylation sites is 2. The van der Waals surface area contributed by atoms with E-state index in [9.17, 15) is 8.42 Å². The maximum Gasteiger partial charge on any atom is 0.263 e. The van der Waals surface area contributed by atoms with Crippen LogP contribution in [0.1, 0.15) is 11.1 Å². The second-order valence-electron chi connectivity index (χ2n) is 6.67. The van der Waals surface area contributed by atoms with Crippen molar-refractivity contribution in [3.05, 3.63) is 90.0 Å². The van der Waals surface area contributed by atoms with Crippen LogP contribution in [-0.2, 0) is 16.6 Å². The van der Waals surface area contributed by atoms with Gasteiger partial charge in [0, 0.05) is 6.54 Å². The van der Waals surface area contributed by atoms with Crippen molar-refractivity contribution in [2.45, 2.75) is 18.4 Å². The van der Waals surface area contributed by atoms with Crippen LogP contribution in [-0.4, -0.2) is 18.4 Å². The first-order valence-electron chi connectivity index (χ1n) is 9.15. The highest BCUT2D eigenvalue weighted by atomic mass is 32.2. The zero-order chi connectivity index (χ0) is 20.3. The van der Waals surface area contributed by atoms with Crippen LogP contribution >= 0.6 is 0 Å². The number of sulfonamides is 1. The van der Waals surface area contributed by atoms with Crippen LogP contribution in [0, 0.1) is 6.92 Å². The maximum absolute atomic E-state index is 12.9. The van der Waals surface area contributed by atoms with Gasteiger partial charge in [-0.25, -0.2) is 18.4 Å². The Morgan fingerprint density at radius 3 is 2.14 bits per heavy atom. The van der Waals surface area contributed by atoms with Crippen LogP contribution < -0.4 is 10.0 Å². The Kier molecular flexibility index (Phi) is 5.14. The van der Waals surface area contributed by atoms with Crippen molar-refractivity contribution in [1.29, 1.82) is 0 Å². The van der Waals surface area contributed by atoms with Gasteiger partial charge in [-0.3, -0.25) is 4.72 Å². The van der Waals surface area contributed by atoms with Crippen molar-refractivity contribution in [2.24, 2.45) is 0 Å². The fourth-order valence-electron chi connectivity index (χ4n) is 2.94. The molecule has 0 saturated heterocycles. The predicted octanol–water partition coefficient (Wildman–Crippen LogP) is 4.35. The molecule has 0 aliphatic carbocycles. The fraction of sp³-hybridized carbons (Fsp3) is 0.0909. The first-order chi connectivity index (χ1) is 14.0. The molecular weight excluding hydrogens is 384 g/mol. The van der Waals surface area contributed by atoms with Gasteiger partial charge >= 0.3 is 0 Å². The third-order valence-electron chi connectivity index (χ3n) is 4.40. The molecule has 0 spiro atoms. The summed E-state index contributed by atoms with van der Waals surface area (Å²) in [7, 11) is -3.80. The van der Waals surface area contributed by atoms with E-state index in [-0.39, 0.29) is 10.7 Å². The quantitative estimate of drug-likeness (QED) is 0.499. The summed E-state index contributed by atoms with van der Waals surface area (Å²) < 4.78 is 28.4. The van der Waals surface area contributed by atoms with E-state index in [0.29, 0.717) is 23.4 Å². The molecule has 1 heterocycles. The highest BCUT2D eigenvalue weighted by Gasteiger charge is 2.19. The fourth-order valence-corrected chi connectivity index (χ4v) is 4.06. The van der Waals surface area contributed by atoms with Gasteiger partial charge in [-0.05, 0) is 42.3 Å². The van der Waals surface area contributed by atoms with Gasteiger partial charge in [-0.15, -0.1) is 0 Å². The third kappa shape index (κ3) is 4.35. The molecule has 0 saturated carbocycles. The van der Waals surface area contributed by atoms with Crippen LogP contribution in [0.25, 0.3) is 11.0 Å². The molecule has 0 fully saturated rings. The first-order valence-corrected chi connectivity index (χ1v) is 10.6. The Labute approximate surface area is 169 Å². The maximum atomic E-state index is 12.9. The molecule has 0 aliphatic rings. The molecule has 0 aliphatic heterocycles. The predicted molar refractivity (Wildman–Crippen MR) is 115 cm³/mol. The summed E-state index contributed by atoms with van der Waals surface area (Å²) in [5.74, 6) is 0.546. The van der Waals surface area contributed by atoms with E-state index in [0.717, 1.165) is 11.1 Å². The molecule has 4 rings (SSSR count). The van der Waals surface area contributed by atoms with Gasteiger partial charge < -0.3 is 5.32 Å². The molecule has 0 unspecified atom stereocenters. The second kappa shape index (κ2) is 7.89. The number of aromatic nitrogens is 2. The van der Waals surface area contributed by atoms with E-state index in [4.69, 9.17) is 0 Å². The summed E-state index contributed by atoms with van der Waals surface area (Å²) in [5, 5.41) is 3.21. The van der Waals surface area contributed by atoms with Gasteiger partial charge in [0.15, 0.2) is 11.6 Å². The van der Waals surface area contributed by atoms with Crippen molar-refractivity contribution >= 4 is 32.7 Å². The Morgan fingerprint density at radius 2 is 1.45 bits per heavy atom. The minimum Gasteiger partial charge on any atom is -0.363 e. The standard InChI is InChI=1S/C22H20N4O2S/c1-16-8-7-11-18(14-16)29(27,28)26-22-21(23-15-17-9-3-2-4-10-17)24-19-12-5-6-13-20(19)25-22/h2-14H,15H2,1H3,(H,23,24)(H,25,26). The molecule has 0 amide bonds. The molecule has 146 valence electrons. The smallest absolute Gasteiger partial charge is 0.263 e. The molecule has 0 bridgehead atoms. The Morgan fingerprint density at radius 1 is 0.793 bits per heavy atom. The van der Waals surface area contributed by atoms with Crippen molar-refractivity contribution < 1.29 is 8.42 Å².